The molecule has 0 radical (unpaired) electrons. The quantitative estimate of drug-likeness (QED) is 0.351. The van der Waals surface area contributed by atoms with Crippen LogP contribution in [-0.4, -0.2) is 10.2 Å². The van der Waals surface area contributed by atoms with Crippen LogP contribution in [0.1, 0.15) is 0 Å². The molecule has 142 valence electrons. The molecular formula is C24H22O2S2. The van der Waals surface area contributed by atoms with Crippen LogP contribution in [0.4, 0.5) is 0 Å². The van der Waals surface area contributed by atoms with Gasteiger partial charge in [0.05, 0.1) is 0 Å². The minimum Gasteiger partial charge on any atom is -0.508 e. The standard InChI is InChI=1S/C12H10S2.2C6H6O/c1-3-7-11(8-4-1)13-14-12-9-5-2-6-10-12;2*7-6-4-2-1-3-5-6/h1-10H;2*1-5,7H. The lowest BCUT2D eigenvalue weighted by Gasteiger charge is -1.99. The maximum absolute atomic E-state index is 8.63. The fourth-order valence-corrected chi connectivity index (χ4v) is 3.88. The first-order valence-corrected chi connectivity index (χ1v) is 10.8. The molecule has 0 heterocycles. The number of rotatable bonds is 3. The zero-order valence-electron chi connectivity index (χ0n) is 15.3. The molecule has 4 aromatic carbocycles. The molecule has 0 unspecified atom stereocenters. The van der Waals surface area contributed by atoms with E-state index in [1.54, 1.807) is 70.1 Å². The normalized spacial score (nSPS) is 9.29. The lowest BCUT2D eigenvalue weighted by molar-refractivity contribution is 0.475. The van der Waals surface area contributed by atoms with Gasteiger partial charge in [-0.15, -0.1) is 0 Å². The smallest absolute Gasteiger partial charge is 0.115 e. The van der Waals surface area contributed by atoms with Crippen molar-refractivity contribution in [2.45, 2.75) is 9.79 Å². The predicted octanol–water partition coefficient (Wildman–Crippen LogP) is 7.27. The van der Waals surface area contributed by atoms with Gasteiger partial charge in [0.2, 0.25) is 0 Å². The molecule has 0 bridgehead atoms. The second-order valence-electron chi connectivity index (χ2n) is 5.46. The first kappa shape index (κ1) is 21.5. The highest BCUT2D eigenvalue weighted by Gasteiger charge is 1.94. The highest BCUT2D eigenvalue weighted by atomic mass is 33.1. The van der Waals surface area contributed by atoms with Crippen LogP contribution in [-0.2, 0) is 0 Å². The molecular weight excluding hydrogens is 384 g/mol. The number of benzene rings is 4. The van der Waals surface area contributed by atoms with Crippen LogP contribution in [0.5, 0.6) is 11.5 Å². The van der Waals surface area contributed by atoms with Crippen molar-refractivity contribution in [1.82, 2.24) is 0 Å². The van der Waals surface area contributed by atoms with Crippen molar-refractivity contribution in [3.8, 4) is 11.5 Å². The summed E-state index contributed by atoms with van der Waals surface area (Å²) in [7, 11) is 3.58. The summed E-state index contributed by atoms with van der Waals surface area (Å²) in [6.45, 7) is 0. The summed E-state index contributed by atoms with van der Waals surface area (Å²) in [5.74, 6) is 0.644. The van der Waals surface area contributed by atoms with E-state index in [9.17, 15) is 0 Å². The molecule has 28 heavy (non-hydrogen) atoms. The molecule has 4 heteroatoms. The van der Waals surface area contributed by atoms with Crippen LogP contribution in [0.25, 0.3) is 0 Å². The van der Waals surface area contributed by atoms with E-state index in [2.05, 4.69) is 48.5 Å². The van der Waals surface area contributed by atoms with E-state index in [1.165, 1.54) is 9.79 Å². The molecule has 0 amide bonds. The van der Waals surface area contributed by atoms with Crippen LogP contribution in [0.15, 0.2) is 131 Å². The Balaban J connectivity index is 0.000000168. The summed E-state index contributed by atoms with van der Waals surface area (Å²) < 4.78 is 0. The average molecular weight is 407 g/mol. The number of phenolic OH excluding ortho intramolecular Hbond substituents is 2. The van der Waals surface area contributed by atoms with Gasteiger partial charge in [-0.05, 0) is 48.5 Å². The molecule has 0 fully saturated rings. The van der Waals surface area contributed by atoms with Gasteiger partial charge in [0.1, 0.15) is 11.5 Å². The van der Waals surface area contributed by atoms with E-state index in [1.807, 2.05) is 24.3 Å². The Morgan fingerprint density at radius 2 is 0.607 bits per heavy atom. The maximum Gasteiger partial charge on any atom is 0.115 e. The topological polar surface area (TPSA) is 40.5 Å². The third kappa shape index (κ3) is 9.76. The van der Waals surface area contributed by atoms with Gasteiger partial charge in [-0.25, -0.2) is 0 Å². The van der Waals surface area contributed by atoms with E-state index in [0.717, 1.165) is 0 Å². The molecule has 0 saturated carbocycles. The highest BCUT2D eigenvalue weighted by Crippen LogP contribution is 2.36. The van der Waals surface area contributed by atoms with Gasteiger partial charge < -0.3 is 10.2 Å². The van der Waals surface area contributed by atoms with Crippen molar-refractivity contribution >= 4 is 21.6 Å². The lowest BCUT2D eigenvalue weighted by atomic mass is 10.3. The van der Waals surface area contributed by atoms with Gasteiger partial charge >= 0.3 is 0 Å². The molecule has 2 N–H and O–H groups in total. The second kappa shape index (κ2) is 13.4. The monoisotopic (exact) mass is 406 g/mol. The second-order valence-corrected chi connectivity index (χ2v) is 7.74. The van der Waals surface area contributed by atoms with Crippen LogP contribution >= 0.6 is 21.6 Å². The molecule has 0 spiro atoms. The number of phenols is 2. The van der Waals surface area contributed by atoms with Gasteiger partial charge in [0.25, 0.3) is 0 Å². The van der Waals surface area contributed by atoms with Crippen molar-refractivity contribution in [2.75, 3.05) is 0 Å². The Morgan fingerprint density at radius 3 is 0.821 bits per heavy atom. The predicted molar refractivity (Wildman–Crippen MR) is 121 cm³/mol. The van der Waals surface area contributed by atoms with E-state index < -0.39 is 0 Å². The van der Waals surface area contributed by atoms with Gasteiger partial charge in [0, 0.05) is 9.79 Å². The molecule has 0 aliphatic heterocycles. The molecule has 0 aromatic heterocycles. The first-order chi connectivity index (χ1) is 13.7. The fraction of sp³-hybridized carbons (Fsp3) is 0. The molecule has 4 aromatic rings. The fourth-order valence-electron chi connectivity index (χ4n) is 1.90. The van der Waals surface area contributed by atoms with Crippen LogP contribution < -0.4 is 0 Å². The Bertz CT molecular complexity index is 794. The lowest BCUT2D eigenvalue weighted by Crippen LogP contribution is -1.67. The molecule has 0 aliphatic rings. The van der Waals surface area contributed by atoms with E-state index in [-0.39, 0.29) is 0 Å². The Morgan fingerprint density at radius 1 is 0.357 bits per heavy atom. The molecule has 0 atom stereocenters. The minimum absolute atomic E-state index is 0.322. The zero-order chi connectivity index (χ0) is 19.9. The Kier molecular flexibility index (Phi) is 10.3. The number of para-hydroxylation sites is 2. The SMILES string of the molecule is Oc1ccccc1.Oc1ccccc1.c1ccc(SSc2ccccc2)cc1. The number of hydrogen-bond donors (Lipinski definition) is 2. The number of aromatic hydroxyl groups is 2. The summed E-state index contributed by atoms with van der Waals surface area (Å²) in [6.07, 6.45) is 0. The largest absolute Gasteiger partial charge is 0.508 e. The van der Waals surface area contributed by atoms with Crippen molar-refractivity contribution in [3.63, 3.8) is 0 Å². The van der Waals surface area contributed by atoms with Gasteiger partial charge in [-0.2, -0.15) is 0 Å². The van der Waals surface area contributed by atoms with Crippen molar-refractivity contribution in [1.29, 1.82) is 0 Å². The third-order valence-corrected chi connectivity index (χ3v) is 5.65. The third-order valence-electron chi connectivity index (χ3n) is 3.23. The van der Waals surface area contributed by atoms with Crippen LogP contribution in [0.2, 0.25) is 0 Å². The molecule has 4 rings (SSSR count). The minimum atomic E-state index is 0.322. The first-order valence-electron chi connectivity index (χ1n) is 8.66. The van der Waals surface area contributed by atoms with Crippen molar-refractivity contribution < 1.29 is 10.2 Å². The van der Waals surface area contributed by atoms with Gasteiger partial charge in [0.15, 0.2) is 0 Å². The summed E-state index contributed by atoms with van der Waals surface area (Å²) in [6, 6.07) is 38.3. The van der Waals surface area contributed by atoms with Crippen LogP contribution in [0.3, 0.4) is 0 Å². The Labute approximate surface area is 174 Å². The van der Waals surface area contributed by atoms with Crippen LogP contribution in [0, 0.1) is 0 Å². The van der Waals surface area contributed by atoms with Gasteiger partial charge in [-0.3, -0.25) is 0 Å². The Hall–Kier alpha value is -2.82. The zero-order valence-corrected chi connectivity index (χ0v) is 16.9. The highest BCUT2D eigenvalue weighted by molar-refractivity contribution is 8.76. The molecule has 0 saturated heterocycles. The average Bonchev–Trinajstić information content (AvgIpc) is 2.76. The van der Waals surface area contributed by atoms with Crippen molar-refractivity contribution in [3.05, 3.63) is 121 Å². The summed E-state index contributed by atoms with van der Waals surface area (Å²) in [5.41, 5.74) is 0. The van der Waals surface area contributed by atoms with E-state index in [4.69, 9.17) is 10.2 Å². The molecule has 2 nitrogen and oxygen atoms in total. The molecule has 0 aliphatic carbocycles. The summed E-state index contributed by atoms with van der Waals surface area (Å²) >= 11 is 0. The van der Waals surface area contributed by atoms with Gasteiger partial charge in [-0.1, -0.05) is 94.4 Å². The maximum atomic E-state index is 8.63. The van der Waals surface area contributed by atoms with Crippen molar-refractivity contribution in [2.24, 2.45) is 0 Å². The summed E-state index contributed by atoms with van der Waals surface area (Å²) in [5, 5.41) is 17.3. The summed E-state index contributed by atoms with van der Waals surface area (Å²) in [4.78, 5) is 2.59. The van der Waals surface area contributed by atoms with E-state index >= 15 is 0 Å². The van der Waals surface area contributed by atoms with E-state index in [0.29, 0.717) is 11.5 Å². The number of hydrogen-bond acceptors (Lipinski definition) is 4.